The van der Waals surface area contributed by atoms with E-state index in [1.807, 2.05) is 0 Å². The Labute approximate surface area is 182 Å². The van der Waals surface area contributed by atoms with Gasteiger partial charge in [0.15, 0.2) is 0 Å². The summed E-state index contributed by atoms with van der Waals surface area (Å²) < 4.78 is 0. The number of rotatable bonds is 5. The van der Waals surface area contributed by atoms with Crippen LogP contribution in [0.15, 0.2) is 115 Å². The SMILES string of the molecule is CC(C)c1ccc(P(Br)(c2ccccc2)(c2ccccc2)c2ccccc2)cc1. The van der Waals surface area contributed by atoms with Crippen LogP contribution >= 0.6 is 20.8 Å². The Kier molecular flexibility index (Phi) is 5.47. The molecule has 0 aliphatic rings. The van der Waals surface area contributed by atoms with Crippen LogP contribution in [0.1, 0.15) is 25.3 Å². The topological polar surface area (TPSA) is 0 Å². The van der Waals surface area contributed by atoms with E-state index in [1.54, 1.807) is 0 Å². The summed E-state index contributed by atoms with van der Waals surface area (Å²) in [6, 6.07) is 42.0. The first kappa shape index (κ1) is 20.1. The van der Waals surface area contributed by atoms with E-state index < -0.39 is 5.31 Å². The monoisotopic (exact) mass is 460 g/mol. The second-order valence-electron chi connectivity index (χ2n) is 7.76. The molecule has 146 valence electrons. The Bertz CT molecular complexity index is 972. The first-order chi connectivity index (χ1) is 14.1. The van der Waals surface area contributed by atoms with Crippen LogP contribution in [-0.4, -0.2) is 0 Å². The Hall–Kier alpha value is -2.21. The molecule has 0 aromatic heterocycles. The molecule has 0 fully saturated rings. The van der Waals surface area contributed by atoms with Crippen molar-refractivity contribution in [3.63, 3.8) is 0 Å². The second-order valence-corrected chi connectivity index (χ2v) is 16.1. The van der Waals surface area contributed by atoms with Crippen LogP contribution in [0.5, 0.6) is 0 Å². The van der Waals surface area contributed by atoms with Crippen LogP contribution in [0.3, 0.4) is 0 Å². The van der Waals surface area contributed by atoms with Crippen LogP contribution in [0.4, 0.5) is 0 Å². The molecule has 29 heavy (non-hydrogen) atoms. The van der Waals surface area contributed by atoms with E-state index >= 15 is 0 Å². The van der Waals surface area contributed by atoms with Gasteiger partial charge in [0.1, 0.15) is 0 Å². The van der Waals surface area contributed by atoms with Crippen LogP contribution in [0.2, 0.25) is 0 Å². The zero-order chi connectivity index (χ0) is 20.3. The van der Waals surface area contributed by atoms with Gasteiger partial charge in [-0.3, -0.25) is 0 Å². The summed E-state index contributed by atoms with van der Waals surface area (Å²) in [4.78, 5) is 0. The molecule has 0 radical (unpaired) electrons. The van der Waals surface area contributed by atoms with Crippen LogP contribution in [-0.2, 0) is 0 Å². The summed E-state index contributed by atoms with van der Waals surface area (Å²) in [5.74, 6) is 0.510. The van der Waals surface area contributed by atoms with Gasteiger partial charge in [-0.1, -0.05) is 0 Å². The van der Waals surface area contributed by atoms with Crippen molar-refractivity contribution in [2.24, 2.45) is 0 Å². The van der Waals surface area contributed by atoms with E-state index in [9.17, 15) is 0 Å². The average molecular weight is 461 g/mol. The molecule has 4 aromatic rings. The predicted molar refractivity (Wildman–Crippen MR) is 134 cm³/mol. The van der Waals surface area contributed by atoms with Crippen LogP contribution in [0, 0.1) is 0 Å². The van der Waals surface area contributed by atoms with Gasteiger partial charge in [0.05, 0.1) is 0 Å². The molecule has 0 saturated carbocycles. The number of benzene rings is 4. The van der Waals surface area contributed by atoms with Crippen molar-refractivity contribution >= 4 is 42.0 Å². The third-order valence-electron chi connectivity index (χ3n) is 5.77. The Morgan fingerprint density at radius 3 is 1.10 bits per heavy atom. The maximum atomic E-state index is 4.52. The summed E-state index contributed by atoms with van der Waals surface area (Å²) in [6.07, 6.45) is 0. The molecule has 0 spiro atoms. The third kappa shape index (κ3) is 3.18. The molecule has 0 N–H and O–H groups in total. The van der Waals surface area contributed by atoms with Crippen molar-refractivity contribution in [2.75, 3.05) is 0 Å². The molecule has 4 rings (SSSR count). The van der Waals surface area contributed by atoms with E-state index in [0.717, 1.165) is 0 Å². The van der Waals surface area contributed by atoms with E-state index in [0.29, 0.717) is 5.92 Å². The first-order valence-electron chi connectivity index (χ1n) is 10.1. The zero-order valence-electron chi connectivity index (χ0n) is 16.9. The molecule has 0 atom stereocenters. The van der Waals surface area contributed by atoms with E-state index in [1.165, 1.54) is 26.8 Å². The third-order valence-corrected chi connectivity index (χ3v) is 15.8. The fourth-order valence-corrected chi connectivity index (χ4v) is 11.7. The second kappa shape index (κ2) is 7.90. The van der Waals surface area contributed by atoms with Gasteiger partial charge in [-0.2, -0.15) is 0 Å². The minimum absolute atomic E-state index is 0.510. The van der Waals surface area contributed by atoms with Crippen molar-refractivity contribution in [3.8, 4) is 0 Å². The molecule has 0 nitrogen and oxygen atoms in total. The van der Waals surface area contributed by atoms with E-state index in [4.69, 9.17) is 0 Å². The minimum atomic E-state index is -3.06. The molecular formula is C27H26BrP. The van der Waals surface area contributed by atoms with Gasteiger partial charge in [0.25, 0.3) is 0 Å². The van der Waals surface area contributed by atoms with Crippen molar-refractivity contribution in [2.45, 2.75) is 19.8 Å². The van der Waals surface area contributed by atoms with E-state index in [-0.39, 0.29) is 0 Å². The van der Waals surface area contributed by atoms with Crippen molar-refractivity contribution < 1.29 is 0 Å². The number of hydrogen-bond donors (Lipinski definition) is 0. The van der Waals surface area contributed by atoms with Gasteiger partial charge >= 0.3 is 183 Å². The van der Waals surface area contributed by atoms with Gasteiger partial charge in [0, 0.05) is 0 Å². The number of halogens is 1. The molecule has 0 aliphatic carbocycles. The molecule has 0 bridgehead atoms. The zero-order valence-corrected chi connectivity index (χ0v) is 19.4. The summed E-state index contributed by atoms with van der Waals surface area (Å²) in [5, 5.41) is 2.20. The molecule has 0 heterocycles. The quantitative estimate of drug-likeness (QED) is 0.307. The first-order valence-corrected chi connectivity index (χ1v) is 14.3. The van der Waals surface area contributed by atoms with Gasteiger partial charge in [0.2, 0.25) is 0 Å². The maximum absolute atomic E-state index is 4.52. The Balaban J connectivity index is 2.16. The predicted octanol–water partition coefficient (Wildman–Crippen LogP) is 6.28. The molecule has 0 saturated heterocycles. The summed E-state index contributed by atoms with van der Waals surface area (Å²) >= 11 is 4.52. The van der Waals surface area contributed by atoms with Crippen molar-refractivity contribution in [1.82, 2.24) is 0 Å². The van der Waals surface area contributed by atoms with Crippen LogP contribution < -0.4 is 21.2 Å². The molecule has 0 unspecified atom stereocenters. The Morgan fingerprint density at radius 1 is 0.483 bits per heavy atom. The molecule has 0 amide bonds. The number of hydrogen-bond acceptors (Lipinski definition) is 0. The van der Waals surface area contributed by atoms with Gasteiger partial charge in [-0.05, 0) is 0 Å². The van der Waals surface area contributed by atoms with E-state index in [2.05, 4.69) is 145 Å². The summed E-state index contributed by atoms with van der Waals surface area (Å²) in [7, 11) is 0. The molecule has 4 aromatic carbocycles. The average Bonchev–Trinajstić information content (AvgIpc) is 2.80. The fraction of sp³-hybridized carbons (Fsp3) is 0.111. The summed E-state index contributed by atoms with van der Waals surface area (Å²) in [5.41, 5.74) is 1.36. The normalized spacial score (nSPS) is 13.0. The molecule has 0 aliphatic heterocycles. The fourth-order valence-electron chi connectivity index (χ4n) is 4.16. The molecular weight excluding hydrogens is 435 g/mol. The van der Waals surface area contributed by atoms with Gasteiger partial charge < -0.3 is 0 Å². The Morgan fingerprint density at radius 2 is 0.793 bits per heavy atom. The summed E-state index contributed by atoms with van der Waals surface area (Å²) in [6.45, 7) is 4.49. The standard InChI is InChI=1S/C27H26BrP/c1-22(2)23-18-20-27(21-19-23)29(28,24-12-6-3-7-13-24,25-14-8-4-9-15-25)26-16-10-5-11-17-26/h3-22H,1-2H3. The molecule has 2 heteroatoms. The van der Waals surface area contributed by atoms with Gasteiger partial charge in [-0.15, -0.1) is 0 Å². The van der Waals surface area contributed by atoms with Gasteiger partial charge in [-0.25, -0.2) is 0 Å². The van der Waals surface area contributed by atoms with Crippen molar-refractivity contribution in [1.29, 1.82) is 0 Å². The van der Waals surface area contributed by atoms with Crippen molar-refractivity contribution in [3.05, 3.63) is 121 Å². The van der Waals surface area contributed by atoms with Crippen LogP contribution in [0.25, 0.3) is 0 Å².